The molecule has 0 bridgehead atoms. The van der Waals surface area contributed by atoms with E-state index in [1.165, 1.54) is 11.1 Å². The van der Waals surface area contributed by atoms with E-state index in [9.17, 15) is 0 Å². The van der Waals surface area contributed by atoms with E-state index < -0.39 is 0 Å². The fourth-order valence-electron chi connectivity index (χ4n) is 2.24. The van der Waals surface area contributed by atoms with Gasteiger partial charge >= 0.3 is 0 Å². The number of hydrogen-bond acceptors (Lipinski definition) is 3. The molecule has 1 aliphatic heterocycles. The van der Waals surface area contributed by atoms with Crippen LogP contribution in [0.25, 0.3) is 0 Å². The first-order valence-corrected chi connectivity index (χ1v) is 6.46. The van der Waals surface area contributed by atoms with Gasteiger partial charge in [0.15, 0.2) is 11.5 Å². The van der Waals surface area contributed by atoms with E-state index >= 15 is 0 Å². The third-order valence-corrected chi connectivity index (χ3v) is 3.40. The summed E-state index contributed by atoms with van der Waals surface area (Å²) in [4.78, 5) is 0. The second kappa shape index (κ2) is 4.97. The van der Waals surface area contributed by atoms with E-state index in [2.05, 4.69) is 41.3 Å². The molecule has 1 unspecified atom stereocenters. The number of fused-ring (bicyclic) bond motifs is 1. The van der Waals surface area contributed by atoms with Gasteiger partial charge in [0.25, 0.3) is 0 Å². The Balaban J connectivity index is 1.65. The minimum atomic E-state index is 0.273. The van der Waals surface area contributed by atoms with Crippen LogP contribution in [0.5, 0.6) is 11.5 Å². The maximum absolute atomic E-state index is 5.40. The van der Waals surface area contributed by atoms with Crippen LogP contribution in [0.1, 0.15) is 24.1 Å². The van der Waals surface area contributed by atoms with Crippen LogP contribution in [0.4, 0.5) is 0 Å². The number of aryl methyl sites for hydroxylation is 1. The summed E-state index contributed by atoms with van der Waals surface area (Å²) in [6.07, 6.45) is 4.18. The molecule has 1 aromatic heterocycles. The zero-order valence-corrected chi connectivity index (χ0v) is 11.2. The summed E-state index contributed by atoms with van der Waals surface area (Å²) >= 11 is 0. The number of aromatic nitrogens is 1. The van der Waals surface area contributed by atoms with Gasteiger partial charge in [-0.25, -0.2) is 0 Å². The van der Waals surface area contributed by atoms with Crippen molar-refractivity contribution in [1.29, 1.82) is 0 Å². The minimum Gasteiger partial charge on any atom is -0.454 e. The van der Waals surface area contributed by atoms with Gasteiger partial charge in [0.05, 0.1) is 0 Å². The zero-order valence-electron chi connectivity index (χ0n) is 11.2. The van der Waals surface area contributed by atoms with Crippen molar-refractivity contribution in [3.8, 4) is 11.5 Å². The molecule has 0 fully saturated rings. The van der Waals surface area contributed by atoms with Crippen LogP contribution < -0.4 is 14.8 Å². The molecule has 1 N–H and O–H groups in total. The maximum atomic E-state index is 5.40. The van der Waals surface area contributed by atoms with Crippen LogP contribution in [-0.2, 0) is 13.6 Å². The highest BCUT2D eigenvalue weighted by molar-refractivity contribution is 5.45. The Hall–Kier alpha value is -1.94. The Labute approximate surface area is 113 Å². The van der Waals surface area contributed by atoms with Crippen LogP contribution in [0.2, 0.25) is 0 Å². The molecule has 0 saturated heterocycles. The molecule has 0 radical (unpaired) electrons. The normalized spacial score (nSPS) is 14.6. The van der Waals surface area contributed by atoms with Crippen LogP contribution in [0.15, 0.2) is 36.7 Å². The highest BCUT2D eigenvalue weighted by Crippen LogP contribution is 2.34. The van der Waals surface area contributed by atoms with Gasteiger partial charge in [0.2, 0.25) is 6.79 Å². The largest absolute Gasteiger partial charge is 0.454 e. The minimum absolute atomic E-state index is 0.273. The van der Waals surface area contributed by atoms with Crippen molar-refractivity contribution in [1.82, 2.24) is 9.88 Å². The Bertz CT molecular complexity index is 577. The lowest BCUT2D eigenvalue weighted by molar-refractivity contribution is 0.174. The number of hydrogen-bond donors (Lipinski definition) is 1. The Morgan fingerprint density at radius 2 is 2.11 bits per heavy atom. The molecule has 0 saturated carbocycles. The molecule has 0 spiro atoms. The predicted octanol–water partition coefficient (Wildman–Crippen LogP) is 2.60. The zero-order chi connectivity index (χ0) is 13.2. The van der Waals surface area contributed by atoms with Crippen molar-refractivity contribution in [2.24, 2.45) is 7.05 Å². The third-order valence-electron chi connectivity index (χ3n) is 3.40. The molecule has 19 heavy (non-hydrogen) atoms. The summed E-state index contributed by atoms with van der Waals surface area (Å²) in [5, 5.41) is 3.51. The van der Waals surface area contributed by atoms with E-state index in [1.54, 1.807) is 0 Å². The van der Waals surface area contributed by atoms with Gasteiger partial charge in [-0.1, -0.05) is 6.07 Å². The number of nitrogens with zero attached hydrogens (tertiary/aromatic N) is 1. The second-order valence-electron chi connectivity index (χ2n) is 4.90. The number of benzene rings is 1. The number of nitrogens with one attached hydrogen (secondary N) is 1. The average molecular weight is 258 g/mol. The van der Waals surface area contributed by atoms with Crippen molar-refractivity contribution in [2.75, 3.05) is 6.79 Å². The van der Waals surface area contributed by atoms with Crippen molar-refractivity contribution in [3.05, 3.63) is 47.8 Å². The first-order valence-electron chi connectivity index (χ1n) is 6.46. The molecular weight excluding hydrogens is 240 g/mol. The van der Waals surface area contributed by atoms with Crippen molar-refractivity contribution >= 4 is 0 Å². The van der Waals surface area contributed by atoms with E-state index in [4.69, 9.17) is 9.47 Å². The molecule has 1 aromatic carbocycles. The molecular formula is C15H18N2O2. The fourth-order valence-corrected chi connectivity index (χ4v) is 2.24. The molecule has 3 rings (SSSR count). The molecule has 1 atom stereocenters. The van der Waals surface area contributed by atoms with E-state index in [1.807, 2.05) is 19.2 Å². The summed E-state index contributed by atoms with van der Waals surface area (Å²) in [7, 11) is 2.03. The Kier molecular flexibility index (Phi) is 3.17. The van der Waals surface area contributed by atoms with Gasteiger partial charge in [-0.3, -0.25) is 0 Å². The quantitative estimate of drug-likeness (QED) is 0.915. The van der Waals surface area contributed by atoms with E-state index in [0.717, 1.165) is 18.0 Å². The lowest BCUT2D eigenvalue weighted by atomic mass is 10.1. The molecule has 0 amide bonds. The van der Waals surface area contributed by atoms with Crippen LogP contribution in [0.3, 0.4) is 0 Å². The van der Waals surface area contributed by atoms with Gasteiger partial charge in [0.1, 0.15) is 0 Å². The lowest BCUT2D eigenvalue weighted by Crippen LogP contribution is -2.17. The SMILES string of the molecule is CC(NCc1ccn(C)c1)c1ccc2c(c1)OCO2. The van der Waals surface area contributed by atoms with Crippen LogP contribution in [-0.4, -0.2) is 11.4 Å². The van der Waals surface area contributed by atoms with E-state index in [-0.39, 0.29) is 6.04 Å². The van der Waals surface area contributed by atoms with Gasteiger partial charge in [-0.15, -0.1) is 0 Å². The molecule has 4 nitrogen and oxygen atoms in total. The molecule has 2 aromatic rings. The van der Waals surface area contributed by atoms with E-state index in [0.29, 0.717) is 6.79 Å². The Morgan fingerprint density at radius 1 is 1.26 bits per heavy atom. The number of ether oxygens (including phenoxy) is 2. The summed E-state index contributed by atoms with van der Waals surface area (Å²) in [6, 6.07) is 8.49. The first kappa shape index (κ1) is 12.1. The topological polar surface area (TPSA) is 35.4 Å². The maximum Gasteiger partial charge on any atom is 0.231 e. The molecule has 1 aliphatic rings. The average Bonchev–Trinajstić information content (AvgIpc) is 3.03. The molecule has 0 aliphatic carbocycles. The highest BCUT2D eigenvalue weighted by atomic mass is 16.7. The lowest BCUT2D eigenvalue weighted by Gasteiger charge is -2.14. The van der Waals surface area contributed by atoms with Crippen LogP contribution in [0, 0.1) is 0 Å². The number of rotatable bonds is 4. The third kappa shape index (κ3) is 2.58. The van der Waals surface area contributed by atoms with Crippen molar-refractivity contribution in [3.63, 3.8) is 0 Å². The monoisotopic (exact) mass is 258 g/mol. The van der Waals surface area contributed by atoms with Gasteiger partial charge in [-0.05, 0) is 36.2 Å². The summed E-state index contributed by atoms with van der Waals surface area (Å²) in [6.45, 7) is 3.33. The first-order chi connectivity index (χ1) is 9.22. The summed E-state index contributed by atoms with van der Waals surface area (Å²) < 4.78 is 12.8. The predicted molar refractivity (Wildman–Crippen MR) is 73.2 cm³/mol. The Morgan fingerprint density at radius 3 is 2.89 bits per heavy atom. The molecule has 4 heteroatoms. The standard InChI is InChI=1S/C15H18N2O2/c1-11(16-8-12-5-6-17(2)9-12)13-3-4-14-15(7-13)19-10-18-14/h3-7,9,11,16H,8,10H2,1-2H3. The second-order valence-corrected chi connectivity index (χ2v) is 4.90. The van der Waals surface area contributed by atoms with Crippen molar-refractivity contribution in [2.45, 2.75) is 19.5 Å². The molecule has 100 valence electrons. The molecule has 2 heterocycles. The van der Waals surface area contributed by atoms with Gasteiger partial charge in [-0.2, -0.15) is 0 Å². The fraction of sp³-hybridized carbons (Fsp3) is 0.333. The van der Waals surface area contributed by atoms with Crippen molar-refractivity contribution < 1.29 is 9.47 Å². The smallest absolute Gasteiger partial charge is 0.231 e. The summed E-state index contributed by atoms with van der Waals surface area (Å²) in [5.41, 5.74) is 2.50. The van der Waals surface area contributed by atoms with Gasteiger partial charge < -0.3 is 19.4 Å². The van der Waals surface area contributed by atoms with Crippen LogP contribution >= 0.6 is 0 Å². The highest BCUT2D eigenvalue weighted by Gasteiger charge is 2.15. The summed E-state index contributed by atoms with van der Waals surface area (Å²) in [5.74, 6) is 1.67. The van der Waals surface area contributed by atoms with Gasteiger partial charge in [0, 0.05) is 32.0 Å².